The van der Waals surface area contributed by atoms with E-state index in [1.54, 1.807) is 0 Å². The lowest BCUT2D eigenvalue weighted by molar-refractivity contribution is -0.134. The number of hydrogen-bond donors (Lipinski definition) is 0. The molecule has 0 unspecified atom stereocenters. The zero-order valence-electron chi connectivity index (χ0n) is 23.1. The summed E-state index contributed by atoms with van der Waals surface area (Å²) in [6, 6.07) is 7.58. The van der Waals surface area contributed by atoms with Gasteiger partial charge in [-0.25, -0.2) is 0 Å². The SMILES string of the molecule is CCCCCCCCCCCCCCC(=O)Oc1ccc(-c2cnc(CCCCCCC)cn2)cc1. The van der Waals surface area contributed by atoms with Crippen molar-refractivity contribution in [3.63, 3.8) is 0 Å². The summed E-state index contributed by atoms with van der Waals surface area (Å²) in [6.45, 7) is 4.50. The maximum Gasteiger partial charge on any atom is 0.311 e. The predicted octanol–water partition coefficient (Wildman–Crippen LogP) is 9.65. The molecule has 200 valence electrons. The molecule has 0 radical (unpaired) electrons. The standard InChI is InChI=1S/C32H50N2O2/c1-3-5-7-9-10-11-12-13-14-15-17-19-21-32(35)36-30-24-22-28(23-25-30)31-27-33-29(26-34-31)20-18-16-8-6-4-2/h22-27H,3-21H2,1-2H3. The van der Waals surface area contributed by atoms with Crippen molar-refractivity contribution in [3.05, 3.63) is 42.4 Å². The second-order valence-electron chi connectivity index (χ2n) is 10.2. The average molecular weight is 495 g/mol. The molecule has 0 fully saturated rings. The van der Waals surface area contributed by atoms with Gasteiger partial charge in [0.25, 0.3) is 0 Å². The minimum atomic E-state index is -0.141. The van der Waals surface area contributed by atoms with Gasteiger partial charge in [-0.3, -0.25) is 14.8 Å². The van der Waals surface area contributed by atoms with E-state index in [2.05, 4.69) is 23.8 Å². The Bertz CT molecular complexity index is 802. The van der Waals surface area contributed by atoms with Crippen molar-refractivity contribution in [2.45, 2.75) is 136 Å². The highest BCUT2D eigenvalue weighted by atomic mass is 16.5. The summed E-state index contributed by atoms with van der Waals surface area (Å²) in [4.78, 5) is 21.3. The second kappa shape index (κ2) is 19.9. The lowest BCUT2D eigenvalue weighted by Crippen LogP contribution is -2.07. The molecule has 0 aliphatic rings. The summed E-state index contributed by atoms with van der Waals surface area (Å²) in [6.07, 6.45) is 27.0. The topological polar surface area (TPSA) is 52.1 Å². The van der Waals surface area contributed by atoms with Gasteiger partial charge in [0, 0.05) is 18.2 Å². The van der Waals surface area contributed by atoms with Crippen LogP contribution < -0.4 is 4.74 Å². The molecule has 1 aromatic heterocycles. The Morgan fingerprint density at radius 3 is 1.69 bits per heavy atom. The Morgan fingerprint density at radius 1 is 0.639 bits per heavy atom. The quantitative estimate of drug-likeness (QED) is 0.0984. The van der Waals surface area contributed by atoms with Crippen LogP contribution in [0.4, 0.5) is 0 Å². The monoisotopic (exact) mass is 494 g/mol. The molecule has 1 heterocycles. The molecule has 0 saturated heterocycles. The van der Waals surface area contributed by atoms with Gasteiger partial charge in [-0.1, -0.05) is 110 Å². The number of aromatic nitrogens is 2. The average Bonchev–Trinajstić information content (AvgIpc) is 2.90. The predicted molar refractivity (Wildman–Crippen MR) is 151 cm³/mol. The number of carbonyl (C=O) groups excluding carboxylic acids is 1. The molecule has 0 saturated carbocycles. The maximum atomic E-state index is 12.2. The van der Waals surface area contributed by atoms with Gasteiger partial charge in [0.15, 0.2) is 0 Å². The molecule has 0 amide bonds. The number of ether oxygens (including phenoxy) is 1. The van der Waals surface area contributed by atoms with E-state index in [1.807, 2.05) is 36.7 Å². The van der Waals surface area contributed by atoms with Crippen LogP contribution in [0.2, 0.25) is 0 Å². The van der Waals surface area contributed by atoms with E-state index in [9.17, 15) is 4.79 Å². The van der Waals surface area contributed by atoms with E-state index in [4.69, 9.17) is 4.74 Å². The van der Waals surface area contributed by atoms with Crippen molar-refractivity contribution >= 4 is 5.97 Å². The van der Waals surface area contributed by atoms with Gasteiger partial charge in [-0.15, -0.1) is 0 Å². The Kier molecular flexibility index (Phi) is 16.6. The summed E-state index contributed by atoms with van der Waals surface area (Å²) in [5.74, 6) is 0.456. The lowest BCUT2D eigenvalue weighted by atomic mass is 10.0. The van der Waals surface area contributed by atoms with Crippen LogP contribution in [-0.2, 0) is 11.2 Å². The van der Waals surface area contributed by atoms with Gasteiger partial charge in [-0.05, 0) is 43.5 Å². The molecule has 2 rings (SSSR count). The summed E-state index contributed by atoms with van der Waals surface area (Å²) >= 11 is 0. The Labute approximate surface area is 220 Å². The fourth-order valence-corrected chi connectivity index (χ4v) is 4.53. The Hall–Kier alpha value is -2.23. The molecule has 0 N–H and O–H groups in total. The zero-order chi connectivity index (χ0) is 25.7. The number of carbonyl (C=O) groups is 1. The van der Waals surface area contributed by atoms with Crippen LogP contribution in [0.25, 0.3) is 11.3 Å². The summed E-state index contributed by atoms with van der Waals surface area (Å²) < 4.78 is 5.52. The van der Waals surface area contributed by atoms with Gasteiger partial charge in [0.2, 0.25) is 0 Å². The van der Waals surface area contributed by atoms with Crippen molar-refractivity contribution in [2.75, 3.05) is 0 Å². The third kappa shape index (κ3) is 13.8. The fourth-order valence-electron chi connectivity index (χ4n) is 4.53. The van der Waals surface area contributed by atoms with Crippen molar-refractivity contribution in [1.29, 1.82) is 0 Å². The minimum absolute atomic E-state index is 0.141. The van der Waals surface area contributed by atoms with Crippen molar-refractivity contribution in [3.8, 4) is 17.0 Å². The minimum Gasteiger partial charge on any atom is -0.427 e. The number of esters is 1. The summed E-state index contributed by atoms with van der Waals surface area (Å²) in [5.41, 5.74) is 2.88. The molecular formula is C32H50N2O2. The molecule has 0 bridgehead atoms. The number of rotatable bonds is 21. The van der Waals surface area contributed by atoms with Crippen LogP contribution in [0.1, 0.15) is 135 Å². The second-order valence-corrected chi connectivity index (χ2v) is 10.2. The molecule has 4 heteroatoms. The molecule has 1 aromatic carbocycles. The Balaban J connectivity index is 1.56. The molecule has 4 nitrogen and oxygen atoms in total. The van der Waals surface area contributed by atoms with Crippen molar-refractivity contribution < 1.29 is 9.53 Å². The molecule has 2 aromatic rings. The van der Waals surface area contributed by atoms with Gasteiger partial charge >= 0.3 is 5.97 Å². The highest BCUT2D eigenvalue weighted by molar-refractivity contribution is 5.72. The molecule has 0 aliphatic carbocycles. The first kappa shape index (κ1) is 30.0. The van der Waals surface area contributed by atoms with E-state index >= 15 is 0 Å². The first-order valence-electron chi connectivity index (χ1n) is 14.8. The molecule has 0 spiro atoms. The van der Waals surface area contributed by atoms with E-state index in [0.717, 1.165) is 36.2 Å². The van der Waals surface area contributed by atoms with E-state index < -0.39 is 0 Å². The van der Waals surface area contributed by atoms with E-state index in [1.165, 1.54) is 96.3 Å². The maximum absolute atomic E-state index is 12.2. The normalized spacial score (nSPS) is 11.1. The van der Waals surface area contributed by atoms with Crippen molar-refractivity contribution in [1.82, 2.24) is 9.97 Å². The smallest absolute Gasteiger partial charge is 0.311 e. The van der Waals surface area contributed by atoms with Gasteiger partial charge < -0.3 is 4.74 Å². The van der Waals surface area contributed by atoms with Crippen LogP contribution in [0.3, 0.4) is 0 Å². The number of unbranched alkanes of at least 4 members (excludes halogenated alkanes) is 15. The lowest BCUT2D eigenvalue weighted by Gasteiger charge is -2.07. The number of hydrogen-bond acceptors (Lipinski definition) is 4. The van der Waals surface area contributed by atoms with Gasteiger partial charge in [0.05, 0.1) is 17.6 Å². The Morgan fingerprint density at radius 2 is 1.17 bits per heavy atom. The molecule has 0 aliphatic heterocycles. The van der Waals surface area contributed by atoms with Crippen LogP contribution >= 0.6 is 0 Å². The van der Waals surface area contributed by atoms with Crippen LogP contribution in [0.15, 0.2) is 36.7 Å². The number of benzene rings is 1. The molecular weight excluding hydrogens is 444 g/mol. The largest absolute Gasteiger partial charge is 0.427 e. The number of aryl methyl sites for hydroxylation is 1. The van der Waals surface area contributed by atoms with Crippen LogP contribution in [0, 0.1) is 0 Å². The van der Waals surface area contributed by atoms with Gasteiger partial charge in [0.1, 0.15) is 5.75 Å². The number of nitrogens with zero attached hydrogens (tertiary/aromatic N) is 2. The molecule has 0 atom stereocenters. The van der Waals surface area contributed by atoms with Crippen LogP contribution in [-0.4, -0.2) is 15.9 Å². The summed E-state index contributed by atoms with van der Waals surface area (Å²) in [5, 5.41) is 0. The van der Waals surface area contributed by atoms with Gasteiger partial charge in [-0.2, -0.15) is 0 Å². The van der Waals surface area contributed by atoms with E-state index in [-0.39, 0.29) is 5.97 Å². The third-order valence-electron chi connectivity index (χ3n) is 6.86. The van der Waals surface area contributed by atoms with Crippen LogP contribution in [0.5, 0.6) is 5.75 Å². The molecule has 36 heavy (non-hydrogen) atoms. The highest BCUT2D eigenvalue weighted by Gasteiger charge is 2.07. The highest BCUT2D eigenvalue weighted by Crippen LogP contribution is 2.21. The van der Waals surface area contributed by atoms with Crippen molar-refractivity contribution in [2.24, 2.45) is 0 Å². The fraction of sp³-hybridized carbons (Fsp3) is 0.656. The third-order valence-corrected chi connectivity index (χ3v) is 6.86. The first-order chi connectivity index (χ1) is 17.7. The first-order valence-corrected chi connectivity index (χ1v) is 14.8. The summed E-state index contributed by atoms with van der Waals surface area (Å²) in [7, 11) is 0. The van der Waals surface area contributed by atoms with E-state index in [0.29, 0.717) is 12.2 Å². The zero-order valence-corrected chi connectivity index (χ0v) is 23.1.